The maximum absolute atomic E-state index is 3.60. The number of likely N-dealkylation sites (N-methyl/N-ethyl adjacent to an activating group) is 1. The molecule has 0 aromatic carbocycles. The Bertz CT molecular complexity index is 189. The van der Waals surface area contributed by atoms with Crippen molar-refractivity contribution in [2.45, 2.75) is 26.8 Å². The van der Waals surface area contributed by atoms with E-state index >= 15 is 0 Å². The van der Waals surface area contributed by atoms with Crippen LogP contribution in [0.4, 0.5) is 0 Å². The molecule has 3 heteroatoms. The van der Waals surface area contributed by atoms with E-state index in [0.717, 1.165) is 13.1 Å². The summed E-state index contributed by atoms with van der Waals surface area (Å²) in [4.78, 5) is 4.85. The lowest BCUT2D eigenvalue weighted by Crippen LogP contribution is -2.39. The standard InChI is InChI=1S/C12H27N3/c1-11-8-15(7-6-14(4)5)10-12(2,3)9-13-11/h11,13H,6-10H2,1-5H3. The van der Waals surface area contributed by atoms with Gasteiger partial charge in [-0.15, -0.1) is 0 Å². The molecule has 1 aliphatic heterocycles. The molecule has 0 aromatic rings. The molecule has 0 aliphatic carbocycles. The molecule has 1 N–H and O–H groups in total. The Balaban J connectivity index is 2.46. The van der Waals surface area contributed by atoms with Crippen LogP contribution in [0, 0.1) is 5.41 Å². The fourth-order valence-electron chi connectivity index (χ4n) is 2.14. The lowest BCUT2D eigenvalue weighted by Gasteiger charge is -2.29. The van der Waals surface area contributed by atoms with Crippen molar-refractivity contribution < 1.29 is 0 Å². The summed E-state index contributed by atoms with van der Waals surface area (Å²) in [6, 6.07) is 0.619. The molecule has 0 saturated carbocycles. The minimum Gasteiger partial charge on any atom is -0.312 e. The number of nitrogens with zero attached hydrogens (tertiary/aromatic N) is 2. The molecule has 0 aromatic heterocycles. The van der Waals surface area contributed by atoms with Crippen molar-refractivity contribution in [2.24, 2.45) is 5.41 Å². The van der Waals surface area contributed by atoms with Crippen LogP contribution >= 0.6 is 0 Å². The number of nitrogens with one attached hydrogen (secondary N) is 1. The van der Waals surface area contributed by atoms with E-state index in [9.17, 15) is 0 Å². The van der Waals surface area contributed by atoms with E-state index in [1.807, 2.05) is 0 Å². The fraction of sp³-hybridized carbons (Fsp3) is 1.00. The molecular formula is C12H27N3. The summed E-state index contributed by atoms with van der Waals surface area (Å²) >= 11 is 0. The van der Waals surface area contributed by atoms with Crippen LogP contribution in [0.25, 0.3) is 0 Å². The molecule has 15 heavy (non-hydrogen) atoms. The van der Waals surface area contributed by atoms with Crippen molar-refractivity contribution in [3.05, 3.63) is 0 Å². The van der Waals surface area contributed by atoms with E-state index in [1.54, 1.807) is 0 Å². The summed E-state index contributed by atoms with van der Waals surface area (Å²) in [5, 5.41) is 3.60. The van der Waals surface area contributed by atoms with E-state index in [-0.39, 0.29) is 0 Å². The minimum atomic E-state index is 0.400. The molecule has 0 bridgehead atoms. The molecule has 1 atom stereocenters. The third-order valence-corrected chi connectivity index (χ3v) is 2.98. The van der Waals surface area contributed by atoms with Crippen LogP contribution in [-0.4, -0.2) is 62.7 Å². The summed E-state index contributed by atoms with van der Waals surface area (Å²) < 4.78 is 0. The Hall–Kier alpha value is -0.120. The van der Waals surface area contributed by atoms with E-state index in [1.165, 1.54) is 19.6 Å². The Labute approximate surface area is 94.8 Å². The van der Waals surface area contributed by atoms with Gasteiger partial charge in [-0.2, -0.15) is 0 Å². The average molecular weight is 213 g/mol. The first-order valence-corrected chi connectivity index (χ1v) is 5.99. The zero-order chi connectivity index (χ0) is 11.5. The van der Waals surface area contributed by atoms with Gasteiger partial charge >= 0.3 is 0 Å². The molecule has 0 spiro atoms. The van der Waals surface area contributed by atoms with Crippen molar-refractivity contribution in [3.8, 4) is 0 Å². The molecule has 90 valence electrons. The molecule has 1 unspecified atom stereocenters. The van der Waals surface area contributed by atoms with Gasteiger partial charge < -0.3 is 10.2 Å². The van der Waals surface area contributed by atoms with Gasteiger partial charge in [0.2, 0.25) is 0 Å². The van der Waals surface area contributed by atoms with Crippen molar-refractivity contribution >= 4 is 0 Å². The van der Waals surface area contributed by atoms with Gasteiger partial charge in [0.1, 0.15) is 0 Å². The molecule has 1 rings (SSSR count). The van der Waals surface area contributed by atoms with Crippen LogP contribution in [0.2, 0.25) is 0 Å². The highest BCUT2D eigenvalue weighted by Crippen LogP contribution is 2.18. The van der Waals surface area contributed by atoms with E-state index in [0.29, 0.717) is 11.5 Å². The Morgan fingerprint density at radius 1 is 1.40 bits per heavy atom. The third kappa shape index (κ3) is 4.96. The zero-order valence-corrected chi connectivity index (χ0v) is 11.0. The van der Waals surface area contributed by atoms with E-state index in [4.69, 9.17) is 0 Å². The first kappa shape index (κ1) is 12.9. The van der Waals surface area contributed by atoms with Crippen LogP contribution in [0.1, 0.15) is 20.8 Å². The van der Waals surface area contributed by atoms with Gasteiger partial charge in [0.15, 0.2) is 0 Å². The highest BCUT2D eigenvalue weighted by molar-refractivity contribution is 4.84. The van der Waals surface area contributed by atoms with Crippen molar-refractivity contribution in [2.75, 3.05) is 46.8 Å². The van der Waals surface area contributed by atoms with Crippen molar-refractivity contribution in [3.63, 3.8) is 0 Å². The number of hydrogen-bond acceptors (Lipinski definition) is 3. The van der Waals surface area contributed by atoms with E-state index in [2.05, 4.69) is 50.0 Å². The molecule has 1 aliphatic rings. The van der Waals surface area contributed by atoms with Crippen molar-refractivity contribution in [1.29, 1.82) is 0 Å². The molecule has 1 fully saturated rings. The summed E-state index contributed by atoms with van der Waals surface area (Å²) in [6.07, 6.45) is 0. The van der Waals surface area contributed by atoms with Crippen molar-refractivity contribution in [1.82, 2.24) is 15.1 Å². The largest absolute Gasteiger partial charge is 0.312 e. The van der Waals surface area contributed by atoms with Gasteiger partial charge in [0.05, 0.1) is 0 Å². The summed E-state index contributed by atoms with van der Waals surface area (Å²) in [5.74, 6) is 0. The molecule has 0 amide bonds. The van der Waals surface area contributed by atoms with Gasteiger partial charge in [0.25, 0.3) is 0 Å². The zero-order valence-electron chi connectivity index (χ0n) is 11.0. The first-order valence-electron chi connectivity index (χ1n) is 5.99. The fourth-order valence-corrected chi connectivity index (χ4v) is 2.14. The maximum atomic E-state index is 3.60. The Morgan fingerprint density at radius 2 is 2.07 bits per heavy atom. The monoisotopic (exact) mass is 213 g/mol. The van der Waals surface area contributed by atoms with Crippen LogP contribution in [0.3, 0.4) is 0 Å². The SMILES string of the molecule is CC1CN(CCN(C)C)CC(C)(C)CN1. The number of rotatable bonds is 3. The predicted molar refractivity (Wildman–Crippen MR) is 66.2 cm³/mol. The highest BCUT2D eigenvalue weighted by atomic mass is 15.2. The lowest BCUT2D eigenvalue weighted by atomic mass is 9.93. The predicted octanol–water partition coefficient (Wildman–Crippen LogP) is 0.868. The van der Waals surface area contributed by atoms with Gasteiger partial charge in [-0.05, 0) is 26.4 Å². The molecule has 1 heterocycles. The number of hydrogen-bond donors (Lipinski definition) is 1. The van der Waals surface area contributed by atoms with E-state index < -0.39 is 0 Å². The summed E-state index contributed by atoms with van der Waals surface area (Å²) in [5.41, 5.74) is 0.400. The normalized spacial score (nSPS) is 28.0. The highest BCUT2D eigenvalue weighted by Gasteiger charge is 2.26. The molecule has 0 radical (unpaired) electrons. The topological polar surface area (TPSA) is 18.5 Å². The van der Waals surface area contributed by atoms with Crippen LogP contribution in [0.15, 0.2) is 0 Å². The smallest absolute Gasteiger partial charge is 0.0166 e. The van der Waals surface area contributed by atoms with Gasteiger partial charge in [0, 0.05) is 38.8 Å². The maximum Gasteiger partial charge on any atom is 0.0166 e. The second-order valence-corrected chi connectivity index (χ2v) is 5.98. The summed E-state index contributed by atoms with van der Waals surface area (Å²) in [7, 11) is 4.29. The molecule has 1 saturated heterocycles. The third-order valence-electron chi connectivity index (χ3n) is 2.98. The molecule has 3 nitrogen and oxygen atoms in total. The quantitative estimate of drug-likeness (QED) is 0.750. The van der Waals surface area contributed by atoms with Crippen LogP contribution < -0.4 is 5.32 Å². The Kier molecular flexibility index (Phi) is 4.56. The van der Waals surface area contributed by atoms with Gasteiger partial charge in [-0.1, -0.05) is 13.8 Å². The second-order valence-electron chi connectivity index (χ2n) is 5.98. The Morgan fingerprint density at radius 3 is 2.67 bits per heavy atom. The minimum absolute atomic E-state index is 0.400. The second kappa shape index (κ2) is 5.28. The van der Waals surface area contributed by atoms with Crippen LogP contribution in [-0.2, 0) is 0 Å². The average Bonchev–Trinajstić information content (AvgIpc) is 2.22. The van der Waals surface area contributed by atoms with Gasteiger partial charge in [-0.25, -0.2) is 0 Å². The first-order chi connectivity index (χ1) is 6.89. The van der Waals surface area contributed by atoms with Gasteiger partial charge in [-0.3, -0.25) is 4.90 Å². The van der Waals surface area contributed by atoms with Crippen LogP contribution in [0.5, 0.6) is 0 Å². The lowest BCUT2D eigenvalue weighted by molar-refractivity contribution is 0.186. The molecular weight excluding hydrogens is 186 g/mol. The summed E-state index contributed by atoms with van der Waals surface area (Å²) in [6.45, 7) is 12.8.